The minimum absolute atomic E-state index is 0.0755. The normalized spacial score (nSPS) is 16.8. The first-order valence-corrected chi connectivity index (χ1v) is 14.1. The number of pyridine rings is 1. The zero-order valence-electron chi connectivity index (χ0n) is 24.2. The molecular formula is C29H47F2N3O2S. The molecule has 0 spiro atoms. The molecule has 2 aromatic rings. The average Bonchev–Trinajstić information content (AvgIpc) is 3.30. The molecule has 210 valence electrons. The van der Waals surface area contributed by atoms with Crippen molar-refractivity contribution >= 4 is 11.3 Å². The van der Waals surface area contributed by atoms with Crippen LogP contribution in [0.2, 0.25) is 0 Å². The highest BCUT2D eigenvalue weighted by Crippen LogP contribution is 2.46. The first kappa shape index (κ1) is 33.1. The number of halogens is 2. The molecule has 1 aliphatic heterocycles. The molecule has 0 saturated heterocycles. The topological polar surface area (TPSA) is 47.5 Å². The van der Waals surface area contributed by atoms with Gasteiger partial charge in [0.05, 0.1) is 5.56 Å². The van der Waals surface area contributed by atoms with Crippen molar-refractivity contribution in [2.45, 2.75) is 87.3 Å². The van der Waals surface area contributed by atoms with E-state index in [1.165, 1.54) is 43.2 Å². The number of methoxy groups -OCH3 is 1. The number of hydrogen-bond acceptors (Lipinski definition) is 6. The Kier molecular flexibility index (Phi) is 15.1. The van der Waals surface area contributed by atoms with Gasteiger partial charge < -0.3 is 9.47 Å². The van der Waals surface area contributed by atoms with Crippen molar-refractivity contribution in [2.75, 3.05) is 27.3 Å². The number of alkyl halides is 2. The van der Waals surface area contributed by atoms with Gasteiger partial charge in [-0.05, 0) is 36.3 Å². The Hall–Kier alpha value is -1.90. The fourth-order valence-corrected chi connectivity index (χ4v) is 5.10. The van der Waals surface area contributed by atoms with Gasteiger partial charge >= 0.3 is 6.61 Å². The number of rotatable bonds is 6. The van der Waals surface area contributed by atoms with E-state index in [1.54, 1.807) is 37.5 Å². The number of thiazole rings is 1. The summed E-state index contributed by atoms with van der Waals surface area (Å²) in [5.74, 6) is 0.523. The molecule has 0 saturated carbocycles. The van der Waals surface area contributed by atoms with Gasteiger partial charge in [0.2, 0.25) is 5.88 Å². The second kappa shape index (κ2) is 16.8. The Morgan fingerprint density at radius 3 is 2.27 bits per heavy atom. The summed E-state index contributed by atoms with van der Waals surface area (Å²) < 4.78 is 34.1. The van der Waals surface area contributed by atoms with Crippen LogP contribution in [-0.2, 0) is 11.3 Å². The zero-order valence-corrected chi connectivity index (χ0v) is 25.1. The van der Waals surface area contributed by atoms with Crippen LogP contribution in [0.4, 0.5) is 8.78 Å². The molecule has 4 rings (SSSR count). The van der Waals surface area contributed by atoms with Crippen LogP contribution in [0.5, 0.6) is 5.88 Å². The Morgan fingerprint density at radius 1 is 1.11 bits per heavy atom. The average molecular weight is 540 g/mol. The first-order valence-electron chi connectivity index (χ1n) is 13.3. The highest BCUT2D eigenvalue weighted by atomic mass is 32.1. The molecule has 1 atom stereocenters. The molecule has 0 bridgehead atoms. The predicted molar refractivity (Wildman–Crippen MR) is 151 cm³/mol. The smallest absolute Gasteiger partial charge is 0.388 e. The molecule has 0 radical (unpaired) electrons. The second-order valence-electron chi connectivity index (χ2n) is 9.99. The predicted octanol–water partition coefficient (Wildman–Crippen LogP) is 8.47. The standard InChI is InChI=1S/C21H25F2N3OS.C4H10.C2H6O.C2H6/c1-21(2,3)17-12-26(10-13-6-7-15(13)17)11-14-9-25-19(28-14)16-5-4-8-24-18(16)27-20(22)23;1-3-4-2;1-3-2;1-2/h4-5,8-9,17,20H,6-7,10-12H2,1-3H3;3-4H2,1-2H3;1-2H3;1-2H3. The Bertz CT molecular complexity index is 939. The van der Waals surface area contributed by atoms with Crippen molar-refractivity contribution in [3.63, 3.8) is 0 Å². The van der Waals surface area contributed by atoms with Crippen LogP contribution in [0.15, 0.2) is 35.7 Å². The van der Waals surface area contributed by atoms with E-state index >= 15 is 0 Å². The fraction of sp³-hybridized carbons (Fsp3) is 0.655. The molecule has 2 aliphatic rings. The first-order chi connectivity index (χ1) is 17.6. The quantitative estimate of drug-likeness (QED) is 0.345. The van der Waals surface area contributed by atoms with E-state index in [-0.39, 0.29) is 11.3 Å². The maximum atomic E-state index is 12.6. The van der Waals surface area contributed by atoms with Crippen molar-refractivity contribution in [3.8, 4) is 16.5 Å². The molecule has 0 fully saturated rings. The van der Waals surface area contributed by atoms with Crippen molar-refractivity contribution in [1.29, 1.82) is 0 Å². The highest BCUT2D eigenvalue weighted by Gasteiger charge is 2.38. The summed E-state index contributed by atoms with van der Waals surface area (Å²) in [6, 6.07) is 3.42. The van der Waals surface area contributed by atoms with Gasteiger partial charge in [0.15, 0.2) is 0 Å². The molecule has 8 heteroatoms. The van der Waals surface area contributed by atoms with Gasteiger partial charge in [-0.15, -0.1) is 11.3 Å². The Balaban J connectivity index is 0.000000670. The van der Waals surface area contributed by atoms with Gasteiger partial charge in [-0.3, -0.25) is 4.90 Å². The lowest BCUT2D eigenvalue weighted by atomic mass is 9.67. The largest absolute Gasteiger partial charge is 0.416 e. The number of aromatic nitrogens is 2. The maximum Gasteiger partial charge on any atom is 0.388 e. The molecule has 1 aliphatic carbocycles. The highest BCUT2D eigenvalue weighted by molar-refractivity contribution is 7.15. The number of ether oxygens (including phenoxy) is 2. The molecule has 37 heavy (non-hydrogen) atoms. The molecular weight excluding hydrogens is 492 g/mol. The van der Waals surface area contributed by atoms with Crippen LogP contribution in [0.1, 0.15) is 79.0 Å². The van der Waals surface area contributed by atoms with Crippen LogP contribution in [0, 0.1) is 11.3 Å². The number of nitrogens with zero attached hydrogens (tertiary/aromatic N) is 3. The number of likely N-dealkylation sites (tertiary alicyclic amines) is 1. The minimum Gasteiger partial charge on any atom is -0.416 e. The third-order valence-corrected chi connectivity index (χ3v) is 7.12. The van der Waals surface area contributed by atoms with Gasteiger partial charge in [-0.1, -0.05) is 72.5 Å². The molecule has 2 aromatic heterocycles. The van der Waals surface area contributed by atoms with E-state index < -0.39 is 6.61 Å². The minimum atomic E-state index is -2.90. The van der Waals surface area contributed by atoms with Crippen LogP contribution in [0.25, 0.3) is 10.6 Å². The third-order valence-electron chi connectivity index (χ3n) is 6.11. The van der Waals surface area contributed by atoms with E-state index in [4.69, 9.17) is 0 Å². The third kappa shape index (κ3) is 10.4. The monoisotopic (exact) mass is 539 g/mol. The van der Waals surface area contributed by atoms with Crippen LogP contribution in [0.3, 0.4) is 0 Å². The van der Waals surface area contributed by atoms with Gasteiger partial charge in [-0.2, -0.15) is 8.78 Å². The Labute approximate surface area is 227 Å². The summed E-state index contributed by atoms with van der Waals surface area (Å²) in [6.07, 6.45) is 8.40. The van der Waals surface area contributed by atoms with E-state index in [0.29, 0.717) is 16.5 Å². The van der Waals surface area contributed by atoms with E-state index in [0.717, 1.165) is 24.5 Å². The van der Waals surface area contributed by atoms with Gasteiger partial charge in [0, 0.05) is 51.1 Å². The summed E-state index contributed by atoms with van der Waals surface area (Å²) in [4.78, 5) is 12.0. The molecule has 1 unspecified atom stereocenters. The lowest BCUT2D eigenvalue weighted by molar-refractivity contribution is -0.0524. The number of hydrogen-bond donors (Lipinski definition) is 0. The summed E-state index contributed by atoms with van der Waals surface area (Å²) >= 11 is 1.52. The van der Waals surface area contributed by atoms with Crippen LogP contribution in [-0.4, -0.2) is 48.8 Å². The fourth-order valence-electron chi connectivity index (χ4n) is 4.12. The van der Waals surface area contributed by atoms with E-state index in [2.05, 4.69) is 59.0 Å². The van der Waals surface area contributed by atoms with Crippen molar-refractivity contribution in [1.82, 2.24) is 14.9 Å². The summed E-state index contributed by atoms with van der Waals surface area (Å²) in [5, 5.41) is 0.659. The summed E-state index contributed by atoms with van der Waals surface area (Å²) in [6.45, 7) is 15.3. The molecule has 5 nitrogen and oxygen atoms in total. The molecule has 0 N–H and O–H groups in total. The molecule has 0 aromatic carbocycles. The SMILES string of the molecule is CC.CC(C)(C)C1CN(Cc2cnc(-c3cccnc3OC(F)F)s2)CC2=C1CC2.CCCC.COC. The lowest BCUT2D eigenvalue weighted by Gasteiger charge is -2.46. The molecule has 0 amide bonds. The maximum absolute atomic E-state index is 12.6. The molecule has 3 heterocycles. The van der Waals surface area contributed by atoms with Crippen molar-refractivity contribution in [3.05, 3.63) is 40.5 Å². The Morgan fingerprint density at radius 2 is 1.76 bits per heavy atom. The zero-order chi connectivity index (χ0) is 28.0. The van der Waals surface area contributed by atoms with E-state index in [9.17, 15) is 8.78 Å². The van der Waals surface area contributed by atoms with E-state index in [1.807, 2.05) is 20.0 Å². The second-order valence-corrected chi connectivity index (χ2v) is 11.1. The summed E-state index contributed by atoms with van der Waals surface area (Å²) in [5.41, 5.74) is 4.05. The summed E-state index contributed by atoms with van der Waals surface area (Å²) in [7, 11) is 3.25. The van der Waals surface area contributed by atoms with Gasteiger partial charge in [0.25, 0.3) is 0 Å². The number of unbranched alkanes of at least 4 members (excludes halogenated alkanes) is 1. The van der Waals surface area contributed by atoms with Crippen molar-refractivity contribution < 1.29 is 18.3 Å². The van der Waals surface area contributed by atoms with Gasteiger partial charge in [-0.25, -0.2) is 9.97 Å². The van der Waals surface area contributed by atoms with Crippen LogP contribution >= 0.6 is 11.3 Å². The lowest BCUT2D eigenvalue weighted by Crippen LogP contribution is -2.44. The van der Waals surface area contributed by atoms with Crippen molar-refractivity contribution in [2.24, 2.45) is 11.3 Å². The van der Waals surface area contributed by atoms with Crippen LogP contribution < -0.4 is 4.74 Å². The van der Waals surface area contributed by atoms with Gasteiger partial charge in [0.1, 0.15) is 5.01 Å².